The fourth-order valence-corrected chi connectivity index (χ4v) is 3.21. The van der Waals surface area contributed by atoms with Gasteiger partial charge in [0.25, 0.3) is 0 Å². The Balaban J connectivity index is 1.41. The Morgan fingerprint density at radius 2 is 1.70 bits per heavy atom. The van der Waals surface area contributed by atoms with Gasteiger partial charge in [0.05, 0.1) is 13.2 Å². The molecule has 2 heterocycles. The topological polar surface area (TPSA) is 48.0 Å². The van der Waals surface area contributed by atoms with E-state index in [4.69, 9.17) is 14.2 Å². The van der Waals surface area contributed by atoms with E-state index in [0.717, 1.165) is 10.8 Å². The van der Waals surface area contributed by atoms with Crippen molar-refractivity contribution in [1.29, 1.82) is 0 Å². The van der Waals surface area contributed by atoms with Gasteiger partial charge in [0.1, 0.15) is 5.75 Å². The fraction of sp³-hybridized carbons (Fsp3) is 0.389. The second-order valence-corrected chi connectivity index (χ2v) is 5.97. The van der Waals surface area contributed by atoms with Gasteiger partial charge in [-0.15, -0.1) is 0 Å². The van der Waals surface area contributed by atoms with E-state index < -0.39 is 5.79 Å². The summed E-state index contributed by atoms with van der Waals surface area (Å²) in [5, 5.41) is 2.19. The van der Waals surface area contributed by atoms with Crippen molar-refractivity contribution in [3.8, 4) is 5.75 Å². The van der Waals surface area contributed by atoms with Gasteiger partial charge in [0.2, 0.25) is 0 Å². The number of rotatable bonds is 1. The first-order valence-electron chi connectivity index (χ1n) is 7.98. The highest BCUT2D eigenvalue weighted by Crippen LogP contribution is 2.31. The lowest BCUT2D eigenvalue weighted by Crippen LogP contribution is -2.48. The predicted octanol–water partition coefficient (Wildman–Crippen LogP) is 3.18. The SMILES string of the molecule is O=C(Oc1ccc2ccccc2c1)N1CCC2(CC1)OCCO2. The summed E-state index contributed by atoms with van der Waals surface area (Å²) in [6, 6.07) is 13.7. The average molecular weight is 313 g/mol. The van der Waals surface area contributed by atoms with Crippen LogP contribution in [0.5, 0.6) is 5.75 Å². The molecule has 1 amide bonds. The number of benzene rings is 2. The minimum Gasteiger partial charge on any atom is -0.410 e. The minimum absolute atomic E-state index is 0.312. The first kappa shape index (κ1) is 14.5. The summed E-state index contributed by atoms with van der Waals surface area (Å²) < 4.78 is 16.9. The molecule has 0 radical (unpaired) electrons. The van der Waals surface area contributed by atoms with Crippen LogP contribution in [0.15, 0.2) is 42.5 Å². The normalized spacial score (nSPS) is 20.1. The van der Waals surface area contributed by atoms with Crippen LogP contribution in [0.4, 0.5) is 4.79 Å². The Labute approximate surface area is 134 Å². The predicted molar refractivity (Wildman–Crippen MR) is 85.4 cm³/mol. The van der Waals surface area contributed by atoms with Crippen molar-refractivity contribution in [3.63, 3.8) is 0 Å². The molecule has 1 spiro atoms. The molecule has 0 aliphatic carbocycles. The minimum atomic E-state index is -0.472. The molecule has 2 aliphatic rings. The van der Waals surface area contributed by atoms with E-state index in [1.165, 1.54) is 0 Å². The number of amides is 1. The molecule has 120 valence electrons. The average Bonchev–Trinajstić information content (AvgIpc) is 3.03. The number of carbonyl (C=O) groups is 1. The van der Waals surface area contributed by atoms with Gasteiger partial charge < -0.3 is 19.1 Å². The zero-order valence-corrected chi connectivity index (χ0v) is 12.9. The fourth-order valence-electron chi connectivity index (χ4n) is 3.21. The molecule has 4 rings (SSSR count). The van der Waals surface area contributed by atoms with E-state index in [0.29, 0.717) is 44.9 Å². The number of carbonyl (C=O) groups excluding carboxylic acids is 1. The third-order valence-corrected chi connectivity index (χ3v) is 4.52. The molecule has 0 saturated carbocycles. The maximum atomic E-state index is 12.3. The van der Waals surface area contributed by atoms with Gasteiger partial charge in [0.15, 0.2) is 5.79 Å². The lowest BCUT2D eigenvalue weighted by atomic mass is 10.0. The Morgan fingerprint density at radius 3 is 2.43 bits per heavy atom. The highest BCUT2D eigenvalue weighted by Gasteiger charge is 2.41. The molecule has 0 aromatic heterocycles. The quantitative estimate of drug-likeness (QED) is 0.811. The van der Waals surface area contributed by atoms with E-state index in [1.807, 2.05) is 42.5 Å². The van der Waals surface area contributed by atoms with Gasteiger partial charge in [-0.1, -0.05) is 30.3 Å². The zero-order valence-electron chi connectivity index (χ0n) is 12.9. The number of piperidine rings is 1. The number of fused-ring (bicyclic) bond motifs is 1. The summed E-state index contributed by atoms with van der Waals surface area (Å²) >= 11 is 0. The van der Waals surface area contributed by atoms with Crippen LogP contribution in [0, 0.1) is 0 Å². The number of nitrogens with zero attached hydrogens (tertiary/aromatic N) is 1. The molecule has 23 heavy (non-hydrogen) atoms. The molecule has 2 aromatic carbocycles. The Morgan fingerprint density at radius 1 is 1.00 bits per heavy atom. The van der Waals surface area contributed by atoms with Crippen molar-refractivity contribution < 1.29 is 19.0 Å². The van der Waals surface area contributed by atoms with Gasteiger partial charge in [-0.05, 0) is 22.9 Å². The summed E-state index contributed by atoms with van der Waals surface area (Å²) in [5.41, 5.74) is 0. The number of hydrogen-bond acceptors (Lipinski definition) is 4. The molecule has 0 N–H and O–H groups in total. The molecule has 5 heteroatoms. The molecule has 2 fully saturated rings. The summed E-state index contributed by atoms with van der Waals surface area (Å²) in [6.45, 7) is 2.46. The molecule has 0 bridgehead atoms. The Bertz CT molecular complexity index is 714. The van der Waals surface area contributed by atoms with Gasteiger partial charge >= 0.3 is 6.09 Å². The van der Waals surface area contributed by atoms with E-state index >= 15 is 0 Å². The third kappa shape index (κ3) is 2.90. The van der Waals surface area contributed by atoms with Gasteiger partial charge in [-0.2, -0.15) is 0 Å². The van der Waals surface area contributed by atoms with Gasteiger partial charge in [-0.3, -0.25) is 0 Å². The molecular weight excluding hydrogens is 294 g/mol. The Kier molecular flexibility index (Phi) is 3.67. The van der Waals surface area contributed by atoms with Crippen molar-refractivity contribution in [3.05, 3.63) is 42.5 Å². The first-order valence-corrected chi connectivity index (χ1v) is 7.98. The second kappa shape index (κ2) is 5.83. The molecule has 2 aliphatic heterocycles. The summed E-state index contributed by atoms with van der Waals surface area (Å²) in [4.78, 5) is 14.0. The van der Waals surface area contributed by atoms with Gasteiger partial charge in [0, 0.05) is 25.9 Å². The van der Waals surface area contributed by atoms with Crippen LogP contribution in [0.1, 0.15) is 12.8 Å². The van der Waals surface area contributed by atoms with Crippen LogP contribution >= 0.6 is 0 Å². The van der Waals surface area contributed by atoms with Crippen LogP contribution in [0.3, 0.4) is 0 Å². The maximum absolute atomic E-state index is 12.3. The maximum Gasteiger partial charge on any atom is 0.415 e. The van der Waals surface area contributed by atoms with Gasteiger partial charge in [-0.25, -0.2) is 4.79 Å². The molecule has 2 saturated heterocycles. The lowest BCUT2D eigenvalue weighted by Gasteiger charge is -2.36. The molecule has 0 atom stereocenters. The van der Waals surface area contributed by atoms with E-state index in [9.17, 15) is 4.79 Å². The largest absolute Gasteiger partial charge is 0.415 e. The third-order valence-electron chi connectivity index (χ3n) is 4.52. The Hall–Kier alpha value is -2.11. The van der Waals surface area contributed by atoms with Crippen molar-refractivity contribution in [2.45, 2.75) is 18.6 Å². The van der Waals surface area contributed by atoms with Crippen LogP contribution in [-0.4, -0.2) is 43.1 Å². The van der Waals surface area contributed by atoms with Crippen molar-refractivity contribution in [2.75, 3.05) is 26.3 Å². The molecular formula is C18H19NO4. The highest BCUT2D eigenvalue weighted by atomic mass is 16.7. The lowest BCUT2D eigenvalue weighted by molar-refractivity contribution is -0.182. The standard InChI is InChI=1S/C18H19NO4/c20-17(19-9-7-18(8-10-19)21-11-12-22-18)23-16-6-5-14-3-1-2-4-15(14)13-16/h1-6,13H,7-12H2. The van der Waals surface area contributed by atoms with Crippen molar-refractivity contribution in [2.24, 2.45) is 0 Å². The number of ether oxygens (including phenoxy) is 3. The van der Waals surface area contributed by atoms with Crippen LogP contribution in [0.2, 0.25) is 0 Å². The van der Waals surface area contributed by atoms with Crippen molar-refractivity contribution >= 4 is 16.9 Å². The zero-order chi connectivity index (χ0) is 15.7. The summed E-state index contributed by atoms with van der Waals surface area (Å²) in [6.07, 6.45) is 1.08. The van der Waals surface area contributed by atoms with Crippen molar-refractivity contribution in [1.82, 2.24) is 4.90 Å². The summed E-state index contributed by atoms with van der Waals surface area (Å²) in [7, 11) is 0. The van der Waals surface area contributed by atoms with Crippen LogP contribution in [0.25, 0.3) is 10.8 Å². The monoisotopic (exact) mass is 313 g/mol. The van der Waals surface area contributed by atoms with E-state index in [-0.39, 0.29) is 6.09 Å². The smallest absolute Gasteiger partial charge is 0.410 e. The molecule has 2 aromatic rings. The van der Waals surface area contributed by atoms with Crippen LogP contribution < -0.4 is 4.74 Å². The second-order valence-electron chi connectivity index (χ2n) is 5.97. The van der Waals surface area contributed by atoms with Crippen LogP contribution in [-0.2, 0) is 9.47 Å². The molecule has 0 unspecified atom stereocenters. The number of hydrogen-bond donors (Lipinski definition) is 0. The number of likely N-dealkylation sites (tertiary alicyclic amines) is 1. The molecule has 5 nitrogen and oxygen atoms in total. The first-order chi connectivity index (χ1) is 11.2. The summed E-state index contributed by atoms with van der Waals surface area (Å²) in [5.74, 6) is 0.0991. The van der Waals surface area contributed by atoms with E-state index in [1.54, 1.807) is 4.90 Å². The van der Waals surface area contributed by atoms with E-state index in [2.05, 4.69) is 0 Å². The highest BCUT2D eigenvalue weighted by molar-refractivity contribution is 5.84.